The quantitative estimate of drug-likeness (QED) is 0.684. The molecular formula is C22H34N4O3. The van der Waals surface area contributed by atoms with E-state index in [0.717, 1.165) is 31.5 Å². The van der Waals surface area contributed by atoms with Crippen molar-refractivity contribution in [3.05, 3.63) is 42.2 Å². The average molecular weight is 403 g/mol. The summed E-state index contributed by atoms with van der Waals surface area (Å²) in [4.78, 5) is 30.9. The van der Waals surface area contributed by atoms with Crippen molar-refractivity contribution in [2.45, 2.75) is 71.2 Å². The number of piperidine rings is 1. The number of aromatic nitrogens is 1. The molecule has 1 aliphatic heterocycles. The number of pyridine rings is 1. The van der Waals surface area contributed by atoms with Crippen LogP contribution in [0, 0.1) is 0 Å². The molecule has 2 atom stereocenters. The van der Waals surface area contributed by atoms with Crippen LogP contribution in [0.2, 0.25) is 0 Å². The highest BCUT2D eigenvalue weighted by molar-refractivity contribution is 5.92. The van der Waals surface area contributed by atoms with E-state index in [1.807, 2.05) is 39.8 Å². The minimum absolute atomic E-state index is 0.0206. The number of carbonyl (C=O) groups excluding carboxylic acids is 2. The van der Waals surface area contributed by atoms with Gasteiger partial charge in [-0.2, -0.15) is 0 Å². The SMILES string of the molecule is C=CCC(C)NC(=O)c1cc(CN2CCC[C@@H](NC(=O)OC(C)(C)C)C2)ccn1. The molecule has 0 radical (unpaired) electrons. The minimum atomic E-state index is -0.504. The maximum absolute atomic E-state index is 12.4. The number of ether oxygens (including phenoxy) is 1. The van der Waals surface area contributed by atoms with Gasteiger partial charge in [0.15, 0.2) is 0 Å². The number of carbonyl (C=O) groups is 2. The van der Waals surface area contributed by atoms with Crippen LogP contribution in [-0.2, 0) is 11.3 Å². The van der Waals surface area contributed by atoms with Crippen LogP contribution in [-0.4, -0.2) is 52.7 Å². The number of hydrogen-bond donors (Lipinski definition) is 2. The summed E-state index contributed by atoms with van der Waals surface area (Å²) < 4.78 is 5.36. The molecule has 1 aliphatic rings. The van der Waals surface area contributed by atoms with Crippen LogP contribution in [0.1, 0.15) is 63.0 Å². The Labute approximate surface area is 173 Å². The van der Waals surface area contributed by atoms with Crippen LogP contribution in [0.15, 0.2) is 31.0 Å². The zero-order valence-corrected chi connectivity index (χ0v) is 18.0. The van der Waals surface area contributed by atoms with E-state index < -0.39 is 5.60 Å². The molecule has 2 rings (SSSR count). The molecule has 0 aliphatic carbocycles. The Morgan fingerprint density at radius 2 is 2.21 bits per heavy atom. The Bertz CT molecular complexity index is 714. The van der Waals surface area contributed by atoms with Crippen molar-refractivity contribution in [1.29, 1.82) is 0 Å². The number of nitrogens with zero attached hydrogens (tertiary/aromatic N) is 2. The smallest absolute Gasteiger partial charge is 0.407 e. The standard InChI is InChI=1S/C22H34N4O3/c1-6-8-16(2)24-20(27)19-13-17(10-11-23-19)14-26-12-7-9-18(15-26)25-21(28)29-22(3,4)5/h6,10-11,13,16,18H,1,7-9,12,14-15H2,2-5H3,(H,24,27)(H,25,28)/t16?,18-/m1/s1. The molecule has 1 fully saturated rings. The van der Waals surface area contributed by atoms with Crippen LogP contribution >= 0.6 is 0 Å². The van der Waals surface area contributed by atoms with Gasteiger partial charge in [-0.3, -0.25) is 14.7 Å². The molecule has 0 spiro atoms. The predicted molar refractivity (Wildman–Crippen MR) is 114 cm³/mol. The van der Waals surface area contributed by atoms with Crippen molar-refractivity contribution in [3.8, 4) is 0 Å². The third-order valence-corrected chi connectivity index (χ3v) is 4.59. The minimum Gasteiger partial charge on any atom is -0.444 e. The number of alkyl carbamates (subject to hydrolysis) is 1. The zero-order chi connectivity index (χ0) is 21.4. The molecule has 0 bridgehead atoms. The largest absolute Gasteiger partial charge is 0.444 e. The first-order valence-corrected chi connectivity index (χ1v) is 10.2. The Kier molecular flexibility index (Phi) is 8.20. The molecule has 7 nitrogen and oxygen atoms in total. The lowest BCUT2D eigenvalue weighted by Gasteiger charge is -2.33. The van der Waals surface area contributed by atoms with Gasteiger partial charge in [-0.05, 0) is 71.2 Å². The second-order valence-electron chi connectivity index (χ2n) is 8.67. The van der Waals surface area contributed by atoms with Crippen LogP contribution in [0.4, 0.5) is 4.79 Å². The molecule has 1 aromatic rings. The normalized spacial score (nSPS) is 18.6. The Morgan fingerprint density at radius 3 is 2.90 bits per heavy atom. The fourth-order valence-corrected chi connectivity index (χ4v) is 3.35. The fraction of sp³-hybridized carbons (Fsp3) is 0.591. The summed E-state index contributed by atoms with van der Waals surface area (Å²) in [6.45, 7) is 13.6. The van der Waals surface area contributed by atoms with Gasteiger partial charge in [0, 0.05) is 31.4 Å². The molecule has 0 saturated carbocycles. The van der Waals surface area contributed by atoms with E-state index in [1.54, 1.807) is 12.3 Å². The number of nitrogens with one attached hydrogen (secondary N) is 2. The zero-order valence-electron chi connectivity index (χ0n) is 18.0. The highest BCUT2D eigenvalue weighted by Gasteiger charge is 2.24. The lowest BCUT2D eigenvalue weighted by Crippen LogP contribution is -2.48. The molecule has 1 aromatic heterocycles. The van der Waals surface area contributed by atoms with Crippen LogP contribution < -0.4 is 10.6 Å². The second-order valence-corrected chi connectivity index (χ2v) is 8.67. The molecule has 1 saturated heterocycles. The highest BCUT2D eigenvalue weighted by Crippen LogP contribution is 2.15. The first kappa shape index (κ1) is 22.9. The van der Waals surface area contributed by atoms with Gasteiger partial charge in [0.25, 0.3) is 5.91 Å². The molecule has 2 heterocycles. The lowest BCUT2D eigenvalue weighted by atomic mass is 10.0. The summed E-state index contributed by atoms with van der Waals surface area (Å²) in [6, 6.07) is 3.84. The van der Waals surface area contributed by atoms with Gasteiger partial charge in [-0.1, -0.05) is 6.08 Å². The number of likely N-dealkylation sites (tertiary alicyclic amines) is 1. The molecule has 7 heteroatoms. The Morgan fingerprint density at radius 1 is 1.45 bits per heavy atom. The monoisotopic (exact) mass is 402 g/mol. The van der Waals surface area contributed by atoms with Gasteiger partial charge in [-0.15, -0.1) is 6.58 Å². The molecular weight excluding hydrogens is 368 g/mol. The van der Waals surface area contributed by atoms with Gasteiger partial charge in [0.1, 0.15) is 11.3 Å². The van der Waals surface area contributed by atoms with Gasteiger partial charge in [0.2, 0.25) is 0 Å². The topological polar surface area (TPSA) is 83.6 Å². The molecule has 160 valence electrons. The maximum Gasteiger partial charge on any atom is 0.407 e. The van der Waals surface area contributed by atoms with E-state index in [-0.39, 0.29) is 24.1 Å². The molecule has 2 N–H and O–H groups in total. The fourth-order valence-electron chi connectivity index (χ4n) is 3.35. The average Bonchev–Trinajstić information content (AvgIpc) is 2.60. The van der Waals surface area contributed by atoms with E-state index in [4.69, 9.17) is 4.74 Å². The first-order valence-electron chi connectivity index (χ1n) is 10.2. The summed E-state index contributed by atoms with van der Waals surface area (Å²) in [6.07, 6.45) is 5.72. The first-order chi connectivity index (χ1) is 13.7. The van der Waals surface area contributed by atoms with Gasteiger partial charge < -0.3 is 15.4 Å². The van der Waals surface area contributed by atoms with Gasteiger partial charge in [-0.25, -0.2) is 4.79 Å². The molecule has 2 amide bonds. The van der Waals surface area contributed by atoms with Crippen LogP contribution in [0.3, 0.4) is 0 Å². The third kappa shape index (κ3) is 8.23. The van der Waals surface area contributed by atoms with Gasteiger partial charge in [0.05, 0.1) is 0 Å². The Hall–Kier alpha value is -2.41. The third-order valence-electron chi connectivity index (χ3n) is 4.59. The van der Waals surface area contributed by atoms with Crippen LogP contribution in [0.5, 0.6) is 0 Å². The number of rotatable bonds is 7. The summed E-state index contributed by atoms with van der Waals surface area (Å²) in [5.41, 5.74) is 0.939. The molecule has 0 aromatic carbocycles. The van der Waals surface area contributed by atoms with E-state index in [1.165, 1.54) is 0 Å². The lowest BCUT2D eigenvalue weighted by molar-refractivity contribution is 0.0470. The number of amides is 2. The summed E-state index contributed by atoms with van der Waals surface area (Å²) >= 11 is 0. The number of hydrogen-bond acceptors (Lipinski definition) is 5. The maximum atomic E-state index is 12.4. The van der Waals surface area contributed by atoms with Crippen molar-refractivity contribution in [2.75, 3.05) is 13.1 Å². The van der Waals surface area contributed by atoms with E-state index in [9.17, 15) is 9.59 Å². The summed E-state index contributed by atoms with van der Waals surface area (Å²) in [5, 5.41) is 5.89. The van der Waals surface area contributed by atoms with Crippen molar-refractivity contribution in [2.24, 2.45) is 0 Å². The van der Waals surface area contributed by atoms with Crippen molar-refractivity contribution >= 4 is 12.0 Å². The predicted octanol–water partition coefficient (Wildman–Crippen LogP) is 3.27. The van der Waals surface area contributed by atoms with Crippen molar-refractivity contribution < 1.29 is 14.3 Å². The Balaban J connectivity index is 1.91. The summed E-state index contributed by atoms with van der Waals surface area (Å²) in [5.74, 6) is -0.177. The van der Waals surface area contributed by atoms with E-state index in [0.29, 0.717) is 18.7 Å². The second kappa shape index (κ2) is 10.4. The van der Waals surface area contributed by atoms with Gasteiger partial charge >= 0.3 is 6.09 Å². The van der Waals surface area contributed by atoms with E-state index in [2.05, 4.69) is 27.1 Å². The molecule has 1 unspecified atom stereocenters. The van der Waals surface area contributed by atoms with Crippen molar-refractivity contribution in [3.63, 3.8) is 0 Å². The summed E-state index contributed by atoms with van der Waals surface area (Å²) in [7, 11) is 0. The van der Waals surface area contributed by atoms with E-state index >= 15 is 0 Å². The van der Waals surface area contributed by atoms with Crippen molar-refractivity contribution in [1.82, 2.24) is 20.5 Å². The molecule has 29 heavy (non-hydrogen) atoms. The van der Waals surface area contributed by atoms with Crippen LogP contribution in [0.25, 0.3) is 0 Å². The highest BCUT2D eigenvalue weighted by atomic mass is 16.6.